The van der Waals surface area contributed by atoms with Crippen molar-refractivity contribution in [2.45, 2.75) is 19.4 Å². The molecular formula is C8H12N2O. The molecule has 1 aromatic rings. The molecule has 11 heavy (non-hydrogen) atoms. The fraction of sp³-hybridized carbons (Fsp3) is 0.375. The molecule has 0 radical (unpaired) electrons. The zero-order valence-electron chi connectivity index (χ0n) is 6.49. The molecule has 0 saturated carbocycles. The third-order valence-electron chi connectivity index (χ3n) is 1.46. The van der Waals surface area contributed by atoms with Gasteiger partial charge in [0.1, 0.15) is 0 Å². The second-order valence-electron chi connectivity index (χ2n) is 2.63. The highest BCUT2D eigenvalue weighted by Crippen LogP contribution is 2.10. The second-order valence-corrected chi connectivity index (χ2v) is 2.63. The van der Waals surface area contributed by atoms with Gasteiger partial charge in [0.15, 0.2) is 0 Å². The van der Waals surface area contributed by atoms with Crippen molar-refractivity contribution in [3.05, 3.63) is 24.0 Å². The maximum atomic E-state index is 9.05. The summed E-state index contributed by atoms with van der Waals surface area (Å²) in [5.74, 6) is 0. The molecule has 1 aromatic heterocycles. The normalized spacial score (nSPS) is 12.9. The van der Waals surface area contributed by atoms with Crippen LogP contribution in [0.15, 0.2) is 18.5 Å². The Hall–Kier alpha value is -1.09. The van der Waals surface area contributed by atoms with E-state index >= 15 is 0 Å². The number of aliphatic hydroxyl groups excluding tert-OH is 1. The number of nitrogens with zero attached hydrogens (tertiary/aromatic N) is 1. The van der Waals surface area contributed by atoms with Crippen molar-refractivity contribution in [2.24, 2.45) is 0 Å². The lowest BCUT2D eigenvalue weighted by molar-refractivity contribution is 0.195. The summed E-state index contributed by atoms with van der Waals surface area (Å²) in [6.45, 7) is 1.73. The minimum Gasteiger partial charge on any atom is -0.398 e. The lowest BCUT2D eigenvalue weighted by Crippen LogP contribution is -2.06. The SMILES string of the molecule is CC(O)Cc1cnccc1N. The molecule has 1 heterocycles. The van der Waals surface area contributed by atoms with Gasteiger partial charge in [0.2, 0.25) is 0 Å². The van der Waals surface area contributed by atoms with Crippen LogP contribution in [0.2, 0.25) is 0 Å². The molecule has 0 aliphatic carbocycles. The molecule has 0 bridgehead atoms. The van der Waals surface area contributed by atoms with Crippen LogP contribution in [0, 0.1) is 0 Å². The van der Waals surface area contributed by atoms with Gasteiger partial charge in [0, 0.05) is 24.5 Å². The van der Waals surface area contributed by atoms with E-state index in [1.54, 1.807) is 25.4 Å². The number of anilines is 1. The first-order valence-electron chi connectivity index (χ1n) is 3.56. The van der Waals surface area contributed by atoms with Crippen LogP contribution < -0.4 is 5.73 Å². The third kappa shape index (κ3) is 2.20. The molecule has 3 N–H and O–H groups in total. The largest absolute Gasteiger partial charge is 0.398 e. The quantitative estimate of drug-likeness (QED) is 0.652. The molecule has 0 aliphatic rings. The highest BCUT2D eigenvalue weighted by molar-refractivity contribution is 5.44. The second kappa shape index (κ2) is 3.34. The predicted molar refractivity (Wildman–Crippen MR) is 44.0 cm³/mol. The van der Waals surface area contributed by atoms with Crippen LogP contribution in [0.25, 0.3) is 0 Å². The summed E-state index contributed by atoms with van der Waals surface area (Å²) in [7, 11) is 0. The molecule has 3 heteroatoms. The Morgan fingerprint density at radius 1 is 1.73 bits per heavy atom. The van der Waals surface area contributed by atoms with E-state index in [4.69, 9.17) is 10.8 Å². The van der Waals surface area contributed by atoms with Gasteiger partial charge in [0.05, 0.1) is 6.10 Å². The monoisotopic (exact) mass is 152 g/mol. The van der Waals surface area contributed by atoms with Crippen molar-refractivity contribution in [1.82, 2.24) is 4.98 Å². The highest BCUT2D eigenvalue weighted by atomic mass is 16.3. The average molecular weight is 152 g/mol. The highest BCUT2D eigenvalue weighted by Gasteiger charge is 2.01. The van der Waals surface area contributed by atoms with Crippen molar-refractivity contribution < 1.29 is 5.11 Å². The van der Waals surface area contributed by atoms with Crippen LogP contribution >= 0.6 is 0 Å². The van der Waals surface area contributed by atoms with E-state index in [2.05, 4.69) is 4.98 Å². The summed E-state index contributed by atoms with van der Waals surface area (Å²) in [4.78, 5) is 3.91. The molecule has 0 saturated heterocycles. The van der Waals surface area contributed by atoms with Gasteiger partial charge in [0.25, 0.3) is 0 Å². The molecular weight excluding hydrogens is 140 g/mol. The summed E-state index contributed by atoms with van der Waals surface area (Å²) < 4.78 is 0. The molecule has 0 amide bonds. The van der Waals surface area contributed by atoms with Crippen LogP contribution in [-0.2, 0) is 6.42 Å². The lowest BCUT2D eigenvalue weighted by atomic mass is 10.1. The van der Waals surface area contributed by atoms with Gasteiger partial charge >= 0.3 is 0 Å². The van der Waals surface area contributed by atoms with Crippen molar-refractivity contribution in [3.63, 3.8) is 0 Å². The summed E-state index contributed by atoms with van der Waals surface area (Å²) in [6.07, 6.45) is 3.53. The van der Waals surface area contributed by atoms with Gasteiger partial charge in [-0.25, -0.2) is 0 Å². The maximum Gasteiger partial charge on any atom is 0.0553 e. The topological polar surface area (TPSA) is 59.1 Å². The minimum absolute atomic E-state index is 0.360. The molecule has 3 nitrogen and oxygen atoms in total. The van der Waals surface area contributed by atoms with E-state index in [-0.39, 0.29) is 6.10 Å². The van der Waals surface area contributed by atoms with E-state index in [9.17, 15) is 0 Å². The van der Waals surface area contributed by atoms with Crippen molar-refractivity contribution >= 4 is 5.69 Å². The first-order chi connectivity index (χ1) is 5.20. The maximum absolute atomic E-state index is 9.05. The number of rotatable bonds is 2. The fourth-order valence-electron chi connectivity index (χ4n) is 0.927. The molecule has 0 aromatic carbocycles. The Morgan fingerprint density at radius 2 is 2.45 bits per heavy atom. The fourth-order valence-corrected chi connectivity index (χ4v) is 0.927. The molecule has 60 valence electrons. The van der Waals surface area contributed by atoms with Gasteiger partial charge in [-0.05, 0) is 18.6 Å². The zero-order chi connectivity index (χ0) is 8.27. The summed E-state index contributed by atoms with van der Waals surface area (Å²) in [5, 5.41) is 9.05. The van der Waals surface area contributed by atoms with Gasteiger partial charge in [-0.3, -0.25) is 4.98 Å². The number of aliphatic hydroxyl groups is 1. The predicted octanol–water partition coefficient (Wildman–Crippen LogP) is 0.587. The number of aromatic nitrogens is 1. The zero-order valence-corrected chi connectivity index (χ0v) is 6.49. The Kier molecular flexibility index (Phi) is 2.44. The molecule has 1 atom stereocenters. The van der Waals surface area contributed by atoms with E-state index in [1.807, 2.05) is 0 Å². The summed E-state index contributed by atoms with van der Waals surface area (Å²) in [5.41, 5.74) is 7.22. The first kappa shape index (κ1) is 8.01. The Labute approximate surface area is 65.9 Å². The third-order valence-corrected chi connectivity index (χ3v) is 1.46. The number of nitrogen functional groups attached to an aromatic ring is 1. The van der Waals surface area contributed by atoms with Gasteiger partial charge in [-0.2, -0.15) is 0 Å². The smallest absolute Gasteiger partial charge is 0.0553 e. The van der Waals surface area contributed by atoms with Crippen molar-refractivity contribution in [2.75, 3.05) is 5.73 Å². The first-order valence-corrected chi connectivity index (χ1v) is 3.56. The van der Waals surface area contributed by atoms with Gasteiger partial charge in [-0.1, -0.05) is 0 Å². The molecule has 1 rings (SSSR count). The van der Waals surface area contributed by atoms with Crippen LogP contribution in [0.1, 0.15) is 12.5 Å². The Bertz CT molecular complexity index is 235. The molecule has 0 fully saturated rings. The Balaban J connectivity index is 2.78. The molecule has 0 spiro atoms. The van der Waals surface area contributed by atoms with Crippen molar-refractivity contribution in [1.29, 1.82) is 0 Å². The Morgan fingerprint density at radius 3 is 3.00 bits per heavy atom. The van der Waals surface area contributed by atoms with E-state index in [0.29, 0.717) is 12.1 Å². The number of hydrogen-bond acceptors (Lipinski definition) is 3. The molecule has 1 unspecified atom stereocenters. The van der Waals surface area contributed by atoms with E-state index in [0.717, 1.165) is 5.56 Å². The average Bonchev–Trinajstić information content (AvgIpc) is 1.93. The van der Waals surface area contributed by atoms with Crippen LogP contribution in [0.5, 0.6) is 0 Å². The van der Waals surface area contributed by atoms with Gasteiger partial charge in [-0.15, -0.1) is 0 Å². The van der Waals surface area contributed by atoms with E-state index in [1.165, 1.54) is 0 Å². The van der Waals surface area contributed by atoms with Gasteiger partial charge < -0.3 is 10.8 Å². The van der Waals surface area contributed by atoms with Crippen LogP contribution in [0.3, 0.4) is 0 Å². The number of pyridine rings is 1. The van der Waals surface area contributed by atoms with Crippen molar-refractivity contribution in [3.8, 4) is 0 Å². The summed E-state index contributed by atoms with van der Waals surface area (Å²) >= 11 is 0. The lowest BCUT2D eigenvalue weighted by Gasteiger charge is -2.05. The number of hydrogen-bond donors (Lipinski definition) is 2. The van der Waals surface area contributed by atoms with Crippen LogP contribution in [0.4, 0.5) is 5.69 Å². The number of nitrogens with two attached hydrogens (primary N) is 1. The minimum atomic E-state index is -0.360. The standard InChI is InChI=1S/C8H12N2O/c1-6(11)4-7-5-10-3-2-8(7)9/h2-3,5-6,11H,4H2,1H3,(H2,9,10). The summed E-state index contributed by atoms with van der Waals surface area (Å²) in [6, 6.07) is 1.73. The van der Waals surface area contributed by atoms with E-state index < -0.39 is 0 Å². The van der Waals surface area contributed by atoms with Crippen LogP contribution in [-0.4, -0.2) is 16.2 Å². The molecule has 0 aliphatic heterocycles.